The van der Waals surface area contributed by atoms with Gasteiger partial charge >= 0.3 is 5.97 Å². The molecule has 0 aliphatic carbocycles. The topological polar surface area (TPSA) is 68.7 Å². The molecule has 0 bridgehead atoms. The van der Waals surface area contributed by atoms with E-state index in [4.69, 9.17) is 14.6 Å². The summed E-state index contributed by atoms with van der Waals surface area (Å²) in [7, 11) is 0. The molecule has 0 aromatic carbocycles. The van der Waals surface area contributed by atoms with Crippen molar-refractivity contribution in [3.8, 4) is 5.75 Å². The van der Waals surface area contributed by atoms with Crippen molar-refractivity contribution in [3.63, 3.8) is 0 Å². The first-order valence-electron chi connectivity index (χ1n) is 6.75. The van der Waals surface area contributed by atoms with E-state index in [1.54, 1.807) is 6.07 Å². The summed E-state index contributed by atoms with van der Waals surface area (Å²) >= 11 is 1.93. The van der Waals surface area contributed by atoms with Crippen molar-refractivity contribution in [1.29, 1.82) is 0 Å². The number of carboxylic acids is 1. The second-order valence-electron chi connectivity index (χ2n) is 5.25. The minimum absolute atomic E-state index is 0.0119. The summed E-state index contributed by atoms with van der Waals surface area (Å²) in [6.45, 7) is 0.728. The molecule has 1 aromatic heterocycles. The summed E-state index contributed by atoms with van der Waals surface area (Å²) in [4.78, 5) is 14.6. The predicted octanol–water partition coefficient (Wildman–Crippen LogP) is 2.21. The minimum atomic E-state index is -1.02. The fourth-order valence-corrected chi connectivity index (χ4v) is 4.09. The first-order valence-corrected chi connectivity index (χ1v) is 7.90. The highest BCUT2D eigenvalue weighted by Gasteiger charge is 2.41. The van der Waals surface area contributed by atoms with Gasteiger partial charge < -0.3 is 14.6 Å². The van der Waals surface area contributed by atoms with Gasteiger partial charge in [0.15, 0.2) is 0 Å². The Hall–Kier alpha value is -1.27. The number of pyridine rings is 1. The van der Waals surface area contributed by atoms with Crippen LogP contribution in [-0.2, 0) is 4.74 Å². The molecule has 2 atom stereocenters. The lowest BCUT2D eigenvalue weighted by Gasteiger charge is -2.37. The van der Waals surface area contributed by atoms with E-state index < -0.39 is 5.97 Å². The number of aromatic nitrogens is 1. The third kappa shape index (κ3) is 2.91. The van der Waals surface area contributed by atoms with Crippen molar-refractivity contribution in [2.24, 2.45) is 0 Å². The molecule has 3 rings (SSSR count). The molecule has 2 saturated heterocycles. The van der Waals surface area contributed by atoms with Gasteiger partial charge in [0.25, 0.3) is 0 Å². The SMILES string of the molecule is O=C(O)c1ccc(OC2CCOC3(CCSC3)C2)cn1. The summed E-state index contributed by atoms with van der Waals surface area (Å²) in [6, 6.07) is 3.14. The first-order chi connectivity index (χ1) is 9.67. The Labute approximate surface area is 121 Å². The highest BCUT2D eigenvalue weighted by molar-refractivity contribution is 7.99. The molecule has 108 valence electrons. The Balaban J connectivity index is 1.63. The first kappa shape index (κ1) is 13.7. The van der Waals surface area contributed by atoms with Gasteiger partial charge in [-0.3, -0.25) is 0 Å². The number of thioether (sulfide) groups is 1. The van der Waals surface area contributed by atoms with Gasteiger partial charge in [0.1, 0.15) is 17.5 Å². The molecule has 3 heterocycles. The standard InChI is InChI=1S/C14H17NO4S/c16-13(17)12-2-1-11(8-15-12)19-10-3-5-18-14(7-10)4-6-20-9-14/h1-2,8,10H,3-7,9H2,(H,16,17). The minimum Gasteiger partial charge on any atom is -0.489 e. The summed E-state index contributed by atoms with van der Waals surface area (Å²) < 4.78 is 11.9. The summed E-state index contributed by atoms with van der Waals surface area (Å²) in [5.41, 5.74) is 0.0233. The predicted molar refractivity (Wildman–Crippen MR) is 75.5 cm³/mol. The third-order valence-electron chi connectivity index (χ3n) is 3.77. The molecule has 1 aromatic rings. The molecule has 0 saturated carbocycles. The molecular formula is C14H17NO4S. The van der Waals surface area contributed by atoms with Gasteiger partial charge in [-0.1, -0.05) is 0 Å². The van der Waals surface area contributed by atoms with E-state index in [0.717, 1.165) is 37.4 Å². The molecular weight excluding hydrogens is 278 g/mol. The fourth-order valence-electron chi connectivity index (χ4n) is 2.72. The van der Waals surface area contributed by atoms with Crippen molar-refractivity contribution in [1.82, 2.24) is 4.98 Å². The second kappa shape index (κ2) is 5.61. The highest BCUT2D eigenvalue weighted by Crippen LogP contribution is 2.39. The zero-order valence-corrected chi connectivity index (χ0v) is 11.9. The molecule has 20 heavy (non-hydrogen) atoms. The molecule has 2 aliphatic heterocycles. The fraction of sp³-hybridized carbons (Fsp3) is 0.571. The van der Waals surface area contributed by atoms with Crippen LogP contribution in [-0.4, -0.2) is 45.9 Å². The van der Waals surface area contributed by atoms with E-state index >= 15 is 0 Å². The number of rotatable bonds is 3. The van der Waals surface area contributed by atoms with E-state index in [-0.39, 0.29) is 17.4 Å². The molecule has 0 amide bonds. The van der Waals surface area contributed by atoms with Crippen LogP contribution in [0.4, 0.5) is 0 Å². The molecule has 2 unspecified atom stereocenters. The van der Waals surface area contributed by atoms with Crippen LogP contribution in [0.15, 0.2) is 18.3 Å². The van der Waals surface area contributed by atoms with Crippen LogP contribution in [0.3, 0.4) is 0 Å². The van der Waals surface area contributed by atoms with E-state index in [9.17, 15) is 4.79 Å². The number of carboxylic acid groups (broad SMARTS) is 1. The normalized spacial score (nSPS) is 29.5. The smallest absolute Gasteiger partial charge is 0.354 e. The highest BCUT2D eigenvalue weighted by atomic mass is 32.2. The van der Waals surface area contributed by atoms with Crippen molar-refractivity contribution >= 4 is 17.7 Å². The summed E-state index contributed by atoms with van der Waals surface area (Å²) in [5.74, 6) is 1.80. The largest absolute Gasteiger partial charge is 0.489 e. The number of ether oxygens (including phenoxy) is 2. The maximum Gasteiger partial charge on any atom is 0.354 e. The lowest BCUT2D eigenvalue weighted by molar-refractivity contribution is -0.0959. The van der Waals surface area contributed by atoms with Crippen LogP contribution in [0.1, 0.15) is 29.8 Å². The number of aromatic carboxylic acids is 1. The quantitative estimate of drug-likeness (QED) is 0.922. The zero-order chi connectivity index (χ0) is 14.0. The monoisotopic (exact) mass is 295 g/mol. The van der Waals surface area contributed by atoms with Crippen LogP contribution in [0.25, 0.3) is 0 Å². The Kier molecular flexibility index (Phi) is 3.85. The lowest BCUT2D eigenvalue weighted by Crippen LogP contribution is -2.43. The molecule has 2 aliphatic rings. The van der Waals surface area contributed by atoms with Gasteiger partial charge in [0.05, 0.1) is 18.4 Å². The third-order valence-corrected chi connectivity index (χ3v) is 5.00. The number of hydrogen-bond acceptors (Lipinski definition) is 5. The van der Waals surface area contributed by atoms with Crippen LogP contribution in [0.5, 0.6) is 5.75 Å². The maximum atomic E-state index is 10.7. The summed E-state index contributed by atoms with van der Waals surface area (Å²) in [6.07, 6.45) is 4.47. The number of hydrogen-bond donors (Lipinski definition) is 1. The van der Waals surface area contributed by atoms with Gasteiger partial charge in [0.2, 0.25) is 0 Å². The molecule has 1 spiro atoms. The van der Waals surface area contributed by atoms with Crippen LogP contribution < -0.4 is 4.74 Å². The summed E-state index contributed by atoms with van der Waals surface area (Å²) in [5, 5.41) is 8.81. The van der Waals surface area contributed by atoms with Gasteiger partial charge in [-0.05, 0) is 24.3 Å². The van der Waals surface area contributed by atoms with Crippen molar-refractivity contribution in [2.75, 3.05) is 18.1 Å². The average Bonchev–Trinajstić information content (AvgIpc) is 2.87. The number of nitrogens with zero attached hydrogens (tertiary/aromatic N) is 1. The molecule has 5 nitrogen and oxygen atoms in total. The Morgan fingerprint density at radius 3 is 3.10 bits per heavy atom. The van der Waals surface area contributed by atoms with E-state index in [0.29, 0.717) is 5.75 Å². The van der Waals surface area contributed by atoms with Crippen molar-refractivity contribution < 1.29 is 19.4 Å². The molecule has 0 radical (unpaired) electrons. The van der Waals surface area contributed by atoms with Crippen LogP contribution in [0, 0.1) is 0 Å². The Morgan fingerprint density at radius 1 is 1.55 bits per heavy atom. The number of carbonyl (C=O) groups is 1. The van der Waals surface area contributed by atoms with Crippen LogP contribution >= 0.6 is 11.8 Å². The van der Waals surface area contributed by atoms with Gasteiger partial charge in [-0.25, -0.2) is 9.78 Å². The lowest BCUT2D eigenvalue weighted by atomic mass is 9.91. The zero-order valence-electron chi connectivity index (χ0n) is 11.1. The molecule has 2 fully saturated rings. The second-order valence-corrected chi connectivity index (χ2v) is 6.36. The Morgan fingerprint density at radius 2 is 2.45 bits per heavy atom. The maximum absolute atomic E-state index is 10.7. The average molecular weight is 295 g/mol. The van der Waals surface area contributed by atoms with Crippen molar-refractivity contribution in [2.45, 2.75) is 31.0 Å². The van der Waals surface area contributed by atoms with Crippen molar-refractivity contribution in [3.05, 3.63) is 24.0 Å². The van der Waals surface area contributed by atoms with Gasteiger partial charge in [-0.15, -0.1) is 0 Å². The van der Waals surface area contributed by atoms with Gasteiger partial charge in [-0.2, -0.15) is 11.8 Å². The van der Waals surface area contributed by atoms with Crippen LogP contribution in [0.2, 0.25) is 0 Å². The molecule has 6 heteroatoms. The Bertz CT molecular complexity index is 484. The van der Waals surface area contributed by atoms with E-state index in [1.807, 2.05) is 11.8 Å². The molecule has 1 N–H and O–H groups in total. The van der Waals surface area contributed by atoms with E-state index in [1.165, 1.54) is 12.3 Å². The van der Waals surface area contributed by atoms with Gasteiger partial charge in [0, 0.05) is 18.6 Å². The van der Waals surface area contributed by atoms with E-state index in [2.05, 4.69) is 4.98 Å².